The third-order valence-corrected chi connectivity index (χ3v) is 0.750. The Hall–Kier alpha value is 0.935. The second-order valence-electron chi connectivity index (χ2n) is 0.953. The van der Waals surface area contributed by atoms with Crippen molar-refractivity contribution in [2.45, 2.75) is 0 Å². The van der Waals surface area contributed by atoms with Crippen LogP contribution < -0.4 is 37.7 Å². The van der Waals surface area contributed by atoms with Crippen LogP contribution in [0.5, 0.6) is 0 Å². The normalized spacial score (nSPS) is 11.2. The van der Waals surface area contributed by atoms with Gasteiger partial charge in [-0.3, -0.25) is 0 Å². The summed E-state index contributed by atoms with van der Waals surface area (Å²) in [5.74, 6) is 0. The van der Waals surface area contributed by atoms with E-state index in [2.05, 4.69) is 8.67 Å². The first-order chi connectivity index (χ1) is 4.21. The molecule has 62 valence electrons. The Morgan fingerprint density at radius 2 is 0.917 bits per heavy atom. The van der Waals surface area contributed by atoms with Crippen LogP contribution in [0.2, 0.25) is 0 Å². The fourth-order valence-corrected chi connectivity index (χ4v) is 0.612. The summed E-state index contributed by atoms with van der Waals surface area (Å²) in [5.41, 5.74) is 0. The number of hydrogen-bond acceptors (Lipinski definition) is 8. The van der Waals surface area contributed by atoms with Gasteiger partial charge in [-0.05, 0) is 0 Å². The zero-order chi connectivity index (χ0) is 8.41. The van der Waals surface area contributed by atoms with E-state index in [1.54, 1.807) is 0 Å². The largest absolute Gasteiger partial charge is 1.00 e. The van der Waals surface area contributed by atoms with Gasteiger partial charge in [0.15, 0.2) is 0 Å². The average Bonchev–Trinajstić information content (AvgIpc) is 1.57. The molecule has 0 radical (unpaired) electrons. The van der Waals surface area contributed by atoms with E-state index in [-0.39, 0.29) is 37.7 Å². The summed E-state index contributed by atoms with van der Waals surface area (Å²) >= 11 is 0. The van der Waals surface area contributed by atoms with Crippen molar-refractivity contribution in [2.24, 2.45) is 0 Å². The third kappa shape index (κ3) is 17.1. The maximum Gasteiger partial charge on any atom is 1.00 e. The molecule has 0 aliphatic carbocycles. The van der Waals surface area contributed by atoms with Crippen molar-refractivity contribution in [3.8, 4) is 0 Å². The van der Waals surface area contributed by atoms with Crippen LogP contribution in [0.3, 0.4) is 0 Å². The molecule has 0 aromatic carbocycles. The van der Waals surface area contributed by atoms with Gasteiger partial charge in [-0.2, -0.15) is 0 Å². The Labute approximate surface area is 92.8 Å². The molecule has 0 saturated carbocycles. The summed E-state index contributed by atoms with van der Waals surface area (Å²) in [6.45, 7) is 0. The van der Waals surface area contributed by atoms with Gasteiger partial charge in [-0.1, -0.05) is 0 Å². The molecular weight excluding hydrogens is 206 g/mol. The van der Waals surface area contributed by atoms with Crippen molar-refractivity contribution in [1.82, 2.24) is 0 Å². The summed E-state index contributed by atoms with van der Waals surface area (Å²) in [5, 5.41) is 0. The maximum atomic E-state index is 9.37. The topological polar surface area (TPSA) is 133 Å². The van der Waals surface area contributed by atoms with Gasteiger partial charge in [0.2, 0.25) is 20.8 Å². The van der Waals surface area contributed by atoms with E-state index in [9.17, 15) is 25.9 Å². The predicted molar refractivity (Wildman–Crippen MR) is 21.6 cm³/mol. The van der Waals surface area contributed by atoms with Gasteiger partial charge in [0.1, 0.15) is 0 Å². The molecule has 0 aromatic heterocycles. The first-order valence-corrected chi connectivity index (χ1v) is 4.17. The van der Waals surface area contributed by atoms with Gasteiger partial charge in [0.05, 0.1) is 0 Å². The van der Waals surface area contributed by atoms with Crippen LogP contribution in [0.1, 0.15) is 0 Å². The minimum Gasteiger partial charge on any atom is -0.724 e. The van der Waals surface area contributed by atoms with E-state index < -0.39 is 20.8 Å². The molecule has 0 atom stereocenters. The van der Waals surface area contributed by atoms with E-state index in [1.807, 2.05) is 0 Å². The average molecular weight is 206 g/mol. The van der Waals surface area contributed by atoms with Crippen molar-refractivity contribution in [3.63, 3.8) is 0 Å². The van der Waals surface area contributed by atoms with Gasteiger partial charge < -0.3 is 9.11 Å². The second-order valence-corrected chi connectivity index (χ2v) is 2.86. The fourth-order valence-electron chi connectivity index (χ4n) is 0.0680. The molecule has 0 bridgehead atoms. The predicted octanol–water partition coefficient (Wildman–Crippen LogP) is -8.14. The molecule has 0 unspecified atom stereocenters. The molecule has 0 rings (SSSR count). The van der Waals surface area contributed by atoms with Gasteiger partial charge in [0.25, 0.3) is 0 Å². The molecule has 0 spiro atoms. The summed E-state index contributed by atoms with van der Waals surface area (Å²) in [4.78, 5) is 0. The van der Waals surface area contributed by atoms with Crippen LogP contribution in [0, 0.1) is 0 Å². The van der Waals surface area contributed by atoms with E-state index in [0.29, 0.717) is 0 Å². The van der Waals surface area contributed by atoms with Crippen molar-refractivity contribution >= 4 is 20.8 Å². The molecule has 12 heavy (non-hydrogen) atoms. The Kier molecular flexibility index (Phi) is 9.95. The van der Waals surface area contributed by atoms with Crippen molar-refractivity contribution in [2.75, 3.05) is 0 Å². The van der Waals surface area contributed by atoms with E-state index in [4.69, 9.17) is 0 Å². The Balaban J connectivity index is -0.000000405. The molecule has 8 nitrogen and oxygen atoms in total. The second kappa shape index (κ2) is 6.40. The number of hydrogen-bond donors (Lipinski definition) is 0. The van der Waals surface area contributed by atoms with Crippen molar-refractivity contribution in [1.29, 1.82) is 0 Å². The summed E-state index contributed by atoms with van der Waals surface area (Å²) in [6.07, 6.45) is 0. The molecule has 0 fully saturated rings. The molecule has 12 heteroatoms. The van der Waals surface area contributed by atoms with E-state index in [1.165, 1.54) is 0 Å². The molecule has 0 saturated heterocycles. The summed E-state index contributed by atoms with van der Waals surface area (Å²) in [6, 6.07) is 0. The molecule has 0 N–H and O–H groups in total. The Morgan fingerprint density at radius 1 is 0.750 bits per heavy atom. The molecule has 0 amide bonds. The van der Waals surface area contributed by atoms with Gasteiger partial charge >= 0.3 is 37.7 Å². The van der Waals surface area contributed by atoms with Crippen LogP contribution in [-0.2, 0) is 29.5 Å². The zero-order valence-electron chi connectivity index (χ0n) is 6.08. The third-order valence-electron chi connectivity index (χ3n) is 0.194. The summed E-state index contributed by atoms with van der Waals surface area (Å²) in [7, 11) is -10.6. The van der Waals surface area contributed by atoms with Crippen molar-refractivity contribution < 1.29 is 72.3 Å². The Morgan fingerprint density at radius 3 is 1.00 bits per heavy atom. The minimum absolute atomic E-state index is 0. The van der Waals surface area contributed by atoms with E-state index >= 15 is 0 Å². The fraction of sp³-hybridized carbons (Fsp3) is 0. The molecule has 0 aliphatic rings. The van der Waals surface area contributed by atoms with Crippen molar-refractivity contribution in [3.05, 3.63) is 0 Å². The van der Waals surface area contributed by atoms with Gasteiger partial charge in [0, 0.05) is 0 Å². The SMILES string of the molecule is O=S(=O)([O-])OOS(=O)(=O)[O-].[Li+].[Li+]. The van der Waals surface area contributed by atoms with Crippen LogP contribution in [0.4, 0.5) is 0 Å². The van der Waals surface area contributed by atoms with Gasteiger partial charge in [-0.15, -0.1) is 8.67 Å². The van der Waals surface area contributed by atoms with E-state index in [0.717, 1.165) is 0 Å². The summed E-state index contributed by atoms with van der Waals surface area (Å²) < 4.78 is 61.5. The Bertz CT molecular complexity index is 251. The quantitative estimate of drug-likeness (QED) is 0.146. The first-order valence-electron chi connectivity index (χ1n) is 1.50. The molecular formula is Li2O8S2. The molecule has 0 aliphatic heterocycles. The van der Waals surface area contributed by atoms with Crippen LogP contribution >= 0.6 is 0 Å². The van der Waals surface area contributed by atoms with Crippen LogP contribution in [-0.4, -0.2) is 25.9 Å². The minimum atomic E-state index is -5.31. The monoisotopic (exact) mass is 206 g/mol. The van der Waals surface area contributed by atoms with Gasteiger partial charge in [-0.25, -0.2) is 16.8 Å². The smallest absolute Gasteiger partial charge is 0.724 e. The molecule has 0 aromatic rings. The first kappa shape index (κ1) is 18.7. The zero-order valence-corrected chi connectivity index (χ0v) is 7.72. The van der Waals surface area contributed by atoms with Crippen LogP contribution in [0.15, 0.2) is 0 Å². The molecule has 0 heterocycles. The maximum absolute atomic E-state index is 9.37. The standard InChI is InChI=1S/2Li.H2O8S2/c;;1-9(2,3)7-8-10(4,5)6/h;;(H,1,2,3)(H,4,5,6)/q2*+1;/p-2. The number of rotatable bonds is 3. The van der Waals surface area contributed by atoms with Crippen LogP contribution in [0.25, 0.3) is 0 Å².